The van der Waals surface area contributed by atoms with Crippen molar-refractivity contribution >= 4 is 28.5 Å². The third-order valence-electron chi connectivity index (χ3n) is 5.84. The topological polar surface area (TPSA) is 158 Å². The van der Waals surface area contributed by atoms with E-state index in [2.05, 4.69) is 20.2 Å². The number of fused-ring (bicyclic) bond motifs is 1. The third kappa shape index (κ3) is 5.23. The van der Waals surface area contributed by atoms with E-state index in [0.717, 1.165) is 6.20 Å². The Labute approximate surface area is 210 Å². The molecule has 3 aromatic heterocycles. The zero-order valence-electron chi connectivity index (χ0n) is 19.3. The highest BCUT2D eigenvalue weighted by Crippen LogP contribution is 2.32. The van der Waals surface area contributed by atoms with Crippen LogP contribution in [0.3, 0.4) is 0 Å². The highest BCUT2D eigenvalue weighted by atomic mass is 35.5. The number of pyridine rings is 2. The normalized spacial score (nSPS) is 19.8. The Hall–Kier alpha value is -3.79. The molecule has 13 heteroatoms. The molecule has 1 fully saturated rings. The number of hydrazone groups is 1. The van der Waals surface area contributed by atoms with Gasteiger partial charge in [0.1, 0.15) is 22.8 Å². The minimum absolute atomic E-state index is 0.197. The zero-order chi connectivity index (χ0) is 25.8. The van der Waals surface area contributed by atoms with Crippen LogP contribution in [-0.4, -0.2) is 73.0 Å². The van der Waals surface area contributed by atoms with Crippen molar-refractivity contribution in [2.45, 2.75) is 31.6 Å². The number of hydrogen-bond acceptors (Lipinski definition) is 10. The number of nitriles is 1. The number of rotatable bonds is 7. The van der Waals surface area contributed by atoms with Crippen molar-refractivity contribution in [2.75, 3.05) is 19.7 Å². The first-order valence-corrected chi connectivity index (χ1v) is 11.4. The van der Waals surface area contributed by atoms with Crippen LogP contribution in [0.25, 0.3) is 5.52 Å². The Bertz CT molecular complexity index is 1340. The van der Waals surface area contributed by atoms with Gasteiger partial charge in [0, 0.05) is 18.3 Å². The van der Waals surface area contributed by atoms with Gasteiger partial charge in [-0.05, 0) is 31.5 Å². The van der Waals surface area contributed by atoms with Crippen molar-refractivity contribution in [3.05, 3.63) is 58.9 Å². The van der Waals surface area contributed by atoms with Crippen LogP contribution >= 0.6 is 11.6 Å². The van der Waals surface area contributed by atoms with Crippen molar-refractivity contribution in [1.82, 2.24) is 19.5 Å². The fraction of sp³-hybridized carbons (Fsp3) is 0.348. The van der Waals surface area contributed by atoms with Gasteiger partial charge in [0.2, 0.25) is 0 Å². The summed E-state index contributed by atoms with van der Waals surface area (Å²) in [6.07, 6.45) is 4.93. The maximum atomic E-state index is 13.3. The predicted octanol–water partition coefficient (Wildman–Crippen LogP) is 1.67. The molecular weight excluding hydrogens is 491 g/mol. The van der Waals surface area contributed by atoms with E-state index in [4.69, 9.17) is 27.4 Å². The number of hydrogen-bond donors (Lipinski definition) is 3. The summed E-state index contributed by atoms with van der Waals surface area (Å²) in [5, 5.41) is 37.9. The molecule has 1 aliphatic heterocycles. The smallest absolute Gasteiger partial charge is 0.179 e. The van der Waals surface area contributed by atoms with Crippen molar-refractivity contribution in [3.8, 4) is 11.9 Å². The van der Waals surface area contributed by atoms with E-state index in [1.165, 1.54) is 27.7 Å². The second-order valence-corrected chi connectivity index (χ2v) is 8.64. The Kier molecular flexibility index (Phi) is 7.64. The van der Waals surface area contributed by atoms with Crippen LogP contribution in [0.5, 0.6) is 5.75 Å². The summed E-state index contributed by atoms with van der Waals surface area (Å²) in [7, 11) is 0. The number of aliphatic hydroxyl groups excluding tert-OH is 2. The van der Waals surface area contributed by atoms with E-state index in [0.29, 0.717) is 46.2 Å². The molecular formula is C23H24ClFN8O3. The van der Waals surface area contributed by atoms with Crippen molar-refractivity contribution in [2.24, 2.45) is 15.9 Å². The molecule has 4 N–H and O–H groups in total. The molecule has 0 bridgehead atoms. The average molecular weight is 515 g/mol. The van der Waals surface area contributed by atoms with Gasteiger partial charge in [-0.1, -0.05) is 11.6 Å². The van der Waals surface area contributed by atoms with Gasteiger partial charge in [0.15, 0.2) is 12.3 Å². The molecule has 11 nitrogen and oxygen atoms in total. The number of piperidine rings is 1. The number of aliphatic hydroxyl groups is 2. The molecule has 0 aromatic carbocycles. The number of aromatic nitrogens is 3. The molecule has 36 heavy (non-hydrogen) atoms. The maximum absolute atomic E-state index is 13.3. The summed E-state index contributed by atoms with van der Waals surface area (Å²) >= 11 is 6.34. The summed E-state index contributed by atoms with van der Waals surface area (Å²) in [4.78, 5) is 10.1. The van der Waals surface area contributed by atoms with Gasteiger partial charge < -0.3 is 25.7 Å². The summed E-state index contributed by atoms with van der Waals surface area (Å²) in [5.41, 5.74) is 2.04. The predicted molar refractivity (Wildman–Crippen MR) is 130 cm³/mol. The number of likely N-dealkylation sites (tertiary alicyclic amines) is 1. The van der Waals surface area contributed by atoms with E-state index in [1.807, 2.05) is 6.19 Å². The second kappa shape index (κ2) is 10.9. The van der Waals surface area contributed by atoms with Gasteiger partial charge in [0.05, 0.1) is 54.1 Å². The average Bonchev–Trinajstić information content (AvgIpc) is 3.25. The Balaban J connectivity index is 1.69. The molecule has 0 saturated carbocycles. The number of β-amino-alcohol motifs (C(OH)–C–C–N with tert-alkyl or cyclic N) is 1. The first kappa shape index (κ1) is 25.3. The molecule has 3 aromatic rings. The molecule has 188 valence electrons. The largest absolute Gasteiger partial charge is 0.479 e. The summed E-state index contributed by atoms with van der Waals surface area (Å²) in [5.74, 6) is 5.48. The SMILES string of the molecule is CC(=NC1CCN(C#N)CC1O)/C(=N\N)c1cc(OC(CO)c2ccc(F)cn2)c2c(Cl)cnn2c1. The van der Waals surface area contributed by atoms with Gasteiger partial charge >= 0.3 is 0 Å². The first-order valence-electron chi connectivity index (χ1n) is 11.1. The number of ether oxygens (including phenoxy) is 1. The van der Waals surface area contributed by atoms with E-state index in [1.54, 1.807) is 19.2 Å². The molecule has 1 aliphatic rings. The third-order valence-corrected chi connectivity index (χ3v) is 6.12. The van der Waals surface area contributed by atoms with Crippen LogP contribution in [0.4, 0.5) is 4.39 Å². The van der Waals surface area contributed by atoms with Crippen LogP contribution in [0.15, 0.2) is 46.9 Å². The van der Waals surface area contributed by atoms with Gasteiger partial charge in [-0.3, -0.25) is 9.98 Å². The molecule has 0 amide bonds. The minimum atomic E-state index is -0.913. The van der Waals surface area contributed by atoms with Crippen molar-refractivity contribution < 1.29 is 19.3 Å². The van der Waals surface area contributed by atoms with Crippen molar-refractivity contribution in [3.63, 3.8) is 0 Å². The Morgan fingerprint density at radius 1 is 1.44 bits per heavy atom. The summed E-state index contributed by atoms with van der Waals surface area (Å²) in [6, 6.07) is 3.85. The van der Waals surface area contributed by atoms with Crippen LogP contribution in [0.1, 0.15) is 30.7 Å². The van der Waals surface area contributed by atoms with Crippen molar-refractivity contribution in [1.29, 1.82) is 5.26 Å². The number of halogens is 2. The minimum Gasteiger partial charge on any atom is -0.479 e. The number of nitrogens with two attached hydrogens (primary N) is 1. The first-order chi connectivity index (χ1) is 17.3. The van der Waals surface area contributed by atoms with Crippen LogP contribution in [-0.2, 0) is 0 Å². The number of aliphatic imine (C=N–C) groups is 1. The lowest BCUT2D eigenvalue weighted by molar-refractivity contribution is 0.0792. The Morgan fingerprint density at radius 3 is 2.89 bits per heavy atom. The molecule has 1 saturated heterocycles. The molecule has 4 heterocycles. The maximum Gasteiger partial charge on any atom is 0.179 e. The molecule has 0 aliphatic carbocycles. The van der Waals surface area contributed by atoms with Crippen LogP contribution in [0, 0.1) is 17.3 Å². The fourth-order valence-corrected chi connectivity index (χ4v) is 4.26. The molecule has 0 radical (unpaired) electrons. The lowest BCUT2D eigenvalue weighted by atomic mass is 10.0. The van der Waals surface area contributed by atoms with E-state index < -0.39 is 30.7 Å². The second-order valence-electron chi connectivity index (χ2n) is 8.23. The summed E-state index contributed by atoms with van der Waals surface area (Å²) < 4.78 is 20.9. The van der Waals surface area contributed by atoms with Crippen LogP contribution < -0.4 is 10.6 Å². The quantitative estimate of drug-likeness (QED) is 0.186. The molecule has 3 unspecified atom stereocenters. The zero-order valence-corrected chi connectivity index (χ0v) is 20.0. The standard InChI is InChI=1S/C23H24ClFN8O3/c1-13(30-17-4-5-32(12-26)10-19(17)35)22(31-27)14-6-20(23-16(24)8-29-33(23)9-14)36-21(11-34)18-3-2-15(25)7-28-18/h2-3,6-9,17,19,21,34-35H,4-5,10-11,27H2,1H3/b30-13?,31-22+. The monoisotopic (exact) mass is 514 g/mol. The molecule has 4 rings (SSSR count). The van der Waals surface area contributed by atoms with Crippen LogP contribution in [0.2, 0.25) is 5.02 Å². The fourth-order valence-electron chi connectivity index (χ4n) is 4.04. The number of nitrogens with zero attached hydrogens (tertiary/aromatic N) is 7. The van der Waals surface area contributed by atoms with Gasteiger partial charge in [-0.25, -0.2) is 8.91 Å². The molecule has 3 atom stereocenters. The van der Waals surface area contributed by atoms with E-state index >= 15 is 0 Å². The highest BCUT2D eigenvalue weighted by molar-refractivity contribution is 6.47. The van der Waals surface area contributed by atoms with E-state index in [9.17, 15) is 14.6 Å². The van der Waals surface area contributed by atoms with E-state index in [-0.39, 0.29) is 12.3 Å². The van der Waals surface area contributed by atoms with Gasteiger partial charge in [-0.15, -0.1) is 0 Å². The lowest BCUT2D eigenvalue weighted by Crippen LogP contribution is -2.44. The van der Waals surface area contributed by atoms with Gasteiger partial charge in [0.25, 0.3) is 0 Å². The molecule has 0 spiro atoms. The summed E-state index contributed by atoms with van der Waals surface area (Å²) in [6.45, 7) is 1.97. The highest BCUT2D eigenvalue weighted by Gasteiger charge is 2.28. The van der Waals surface area contributed by atoms with Gasteiger partial charge in [-0.2, -0.15) is 15.5 Å². The lowest BCUT2D eigenvalue weighted by Gasteiger charge is -2.30. The Morgan fingerprint density at radius 2 is 2.25 bits per heavy atom.